The maximum atomic E-state index is 12.4. The van der Waals surface area contributed by atoms with E-state index in [1.54, 1.807) is 7.05 Å². The fraction of sp³-hybridized carbons (Fsp3) is 0.440. The van der Waals surface area contributed by atoms with Crippen molar-refractivity contribution in [1.82, 2.24) is 20.9 Å². The van der Waals surface area contributed by atoms with E-state index in [-0.39, 0.29) is 29.9 Å². The van der Waals surface area contributed by atoms with Gasteiger partial charge in [0.2, 0.25) is 0 Å². The molecule has 8 heteroatoms. The zero-order valence-electron chi connectivity index (χ0n) is 20.5. The molecule has 0 radical (unpaired) electrons. The van der Waals surface area contributed by atoms with Crippen LogP contribution in [0.5, 0.6) is 0 Å². The van der Waals surface area contributed by atoms with Crippen molar-refractivity contribution in [2.75, 3.05) is 58.8 Å². The lowest BCUT2D eigenvalue weighted by Gasteiger charge is -2.24. The minimum atomic E-state index is -0.0491. The first-order valence-electron chi connectivity index (χ1n) is 11.2. The van der Waals surface area contributed by atoms with Gasteiger partial charge >= 0.3 is 0 Å². The number of carbonyl (C=O) groups excluding carboxylic acids is 1. The predicted octanol–water partition coefficient (Wildman–Crippen LogP) is 3.10. The summed E-state index contributed by atoms with van der Waals surface area (Å²) in [6.07, 6.45) is 0. The van der Waals surface area contributed by atoms with Crippen molar-refractivity contribution in [2.45, 2.75) is 20.4 Å². The van der Waals surface area contributed by atoms with Crippen LogP contribution in [0.3, 0.4) is 0 Å². The lowest BCUT2D eigenvalue weighted by molar-refractivity contribution is 0.0951. The molecule has 0 unspecified atom stereocenters. The summed E-state index contributed by atoms with van der Waals surface area (Å²) in [6.45, 7) is 8.91. The molecule has 0 aliphatic heterocycles. The van der Waals surface area contributed by atoms with E-state index in [4.69, 9.17) is 0 Å². The maximum absolute atomic E-state index is 12.4. The smallest absolute Gasteiger partial charge is 0.251 e. The Balaban J connectivity index is 0.00000544. The van der Waals surface area contributed by atoms with Gasteiger partial charge in [0.15, 0.2) is 5.96 Å². The molecule has 182 valence electrons. The van der Waals surface area contributed by atoms with E-state index in [1.807, 2.05) is 43.3 Å². The van der Waals surface area contributed by atoms with Gasteiger partial charge in [0.25, 0.3) is 5.91 Å². The van der Waals surface area contributed by atoms with Crippen LogP contribution < -0.4 is 20.9 Å². The van der Waals surface area contributed by atoms with Crippen molar-refractivity contribution in [1.29, 1.82) is 0 Å². The summed E-state index contributed by atoms with van der Waals surface area (Å²) in [5.74, 6) is 0.693. The van der Waals surface area contributed by atoms with Crippen LogP contribution >= 0.6 is 24.0 Å². The Hall–Kier alpha value is -2.33. The van der Waals surface area contributed by atoms with E-state index < -0.39 is 0 Å². The SMILES string of the molecule is CCN(CCNC(=NC)NCc1cccc(C(=O)NCCN(C)C)c1)c1cccc(C)c1.I. The highest BCUT2D eigenvalue weighted by Crippen LogP contribution is 2.15. The first-order chi connectivity index (χ1) is 15.4. The molecule has 0 bridgehead atoms. The molecule has 0 heterocycles. The standard InChI is InChI=1S/C25H38N6O.HI/c1-6-31(23-12-7-9-20(2)17-23)16-14-28-25(26-3)29-19-21-10-8-11-22(18-21)24(32)27-13-15-30(4)5;/h7-12,17-18H,6,13-16,19H2,1-5H3,(H,27,32)(H2,26,28,29);1H. The number of aryl methyl sites for hydroxylation is 1. The van der Waals surface area contributed by atoms with Crippen LogP contribution in [0.25, 0.3) is 0 Å². The van der Waals surface area contributed by atoms with E-state index in [0.29, 0.717) is 18.7 Å². The van der Waals surface area contributed by atoms with Crippen LogP contribution in [0.1, 0.15) is 28.4 Å². The fourth-order valence-electron chi connectivity index (χ4n) is 3.33. The molecule has 0 saturated carbocycles. The molecule has 0 saturated heterocycles. The molecular formula is C25H39IN6O. The van der Waals surface area contributed by atoms with Crippen molar-refractivity contribution >= 4 is 41.5 Å². The molecule has 7 nitrogen and oxygen atoms in total. The molecule has 2 aromatic carbocycles. The van der Waals surface area contributed by atoms with Crippen LogP contribution in [0.4, 0.5) is 5.69 Å². The van der Waals surface area contributed by atoms with E-state index >= 15 is 0 Å². The Kier molecular flexibility index (Phi) is 13.5. The second kappa shape index (κ2) is 15.5. The molecule has 2 aromatic rings. The maximum Gasteiger partial charge on any atom is 0.251 e. The molecule has 0 aliphatic rings. The predicted molar refractivity (Wildman–Crippen MR) is 150 cm³/mol. The van der Waals surface area contributed by atoms with E-state index in [2.05, 4.69) is 64.0 Å². The van der Waals surface area contributed by atoms with Gasteiger partial charge in [-0.15, -0.1) is 24.0 Å². The van der Waals surface area contributed by atoms with Gasteiger partial charge in [0.1, 0.15) is 0 Å². The van der Waals surface area contributed by atoms with E-state index in [9.17, 15) is 4.79 Å². The number of carbonyl (C=O) groups is 1. The third kappa shape index (κ3) is 10.4. The number of hydrogen-bond donors (Lipinski definition) is 3. The van der Waals surface area contributed by atoms with Gasteiger partial charge in [0, 0.05) is 57.6 Å². The van der Waals surface area contributed by atoms with Crippen LogP contribution in [0.2, 0.25) is 0 Å². The van der Waals surface area contributed by atoms with Gasteiger partial charge in [0.05, 0.1) is 0 Å². The monoisotopic (exact) mass is 566 g/mol. The van der Waals surface area contributed by atoms with Crippen LogP contribution in [-0.2, 0) is 6.54 Å². The summed E-state index contributed by atoms with van der Waals surface area (Å²) < 4.78 is 0. The Morgan fingerprint density at radius 3 is 2.36 bits per heavy atom. The quantitative estimate of drug-likeness (QED) is 0.222. The van der Waals surface area contributed by atoms with Crippen molar-refractivity contribution in [2.24, 2.45) is 4.99 Å². The van der Waals surface area contributed by atoms with Crippen LogP contribution in [0, 0.1) is 6.92 Å². The highest BCUT2D eigenvalue weighted by atomic mass is 127. The molecule has 0 atom stereocenters. The van der Waals surface area contributed by atoms with Gasteiger partial charge in [-0.05, 0) is 63.3 Å². The normalized spacial score (nSPS) is 11.0. The average molecular weight is 567 g/mol. The van der Waals surface area contributed by atoms with Crippen molar-refractivity contribution in [3.63, 3.8) is 0 Å². The fourth-order valence-corrected chi connectivity index (χ4v) is 3.33. The molecule has 0 fully saturated rings. The van der Waals surface area contributed by atoms with E-state index in [1.165, 1.54) is 11.3 Å². The zero-order valence-corrected chi connectivity index (χ0v) is 22.8. The third-order valence-corrected chi connectivity index (χ3v) is 5.14. The number of rotatable bonds is 11. The van der Waals surface area contributed by atoms with Crippen LogP contribution in [-0.4, -0.2) is 70.6 Å². The van der Waals surface area contributed by atoms with Crippen molar-refractivity contribution < 1.29 is 4.79 Å². The molecular weight excluding hydrogens is 527 g/mol. The second-order valence-corrected chi connectivity index (χ2v) is 8.03. The van der Waals surface area contributed by atoms with Crippen molar-refractivity contribution in [3.05, 3.63) is 65.2 Å². The van der Waals surface area contributed by atoms with Crippen LogP contribution in [0.15, 0.2) is 53.5 Å². The Labute approximate surface area is 216 Å². The average Bonchev–Trinajstić information content (AvgIpc) is 2.78. The first kappa shape index (κ1) is 28.7. The van der Waals surface area contributed by atoms with Gasteiger partial charge < -0.3 is 25.8 Å². The Morgan fingerprint density at radius 1 is 0.970 bits per heavy atom. The third-order valence-electron chi connectivity index (χ3n) is 5.14. The van der Waals surface area contributed by atoms with Gasteiger partial charge in [-0.25, -0.2) is 0 Å². The Bertz CT molecular complexity index is 887. The lowest BCUT2D eigenvalue weighted by atomic mass is 10.1. The number of nitrogens with one attached hydrogen (secondary N) is 3. The lowest BCUT2D eigenvalue weighted by Crippen LogP contribution is -2.41. The molecule has 33 heavy (non-hydrogen) atoms. The highest BCUT2D eigenvalue weighted by Gasteiger charge is 2.08. The summed E-state index contributed by atoms with van der Waals surface area (Å²) in [5, 5.41) is 9.66. The van der Waals surface area contributed by atoms with Crippen molar-refractivity contribution in [3.8, 4) is 0 Å². The number of benzene rings is 2. The molecule has 2 rings (SSSR count). The first-order valence-corrected chi connectivity index (χ1v) is 11.2. The number of aliphatic imine (C=N–C) groups is 1. The topological polar surface area (TPSA) is 72.0 Å². The number of anilines is 1. The number of hydrogen-bond acceptors (Lipinski definition) is 4. The molecule has 0 aromatic heterocycles. The molecule has 3 N–H and O–H groups in total. The van der Waals surface area contributed by atoms with E-state index in [0.717, 1.165) is 37.7 Å². The Morgan fingerprint density at radius 2 is 1.70 bits per heavy atom. The summed E-state index contributed by atoms with van der Waals surface area (Å²) in [6, 6.07) is 16.2. The zero-order chi connectivity index (χ0) is 23.3. The minimum absolute atomic E-state index is 0. The largest absolute Gasteiger partial charge is 0.370 e. The van der Waals surface area contributed by atoms with Gasteiger partial charge in [-0.2, -0.15) is 0 Å². The number of amides is 1. The number of likely N-dealkylation sites (N-methyl/N-ethyl adjacent to an activating group) is 2. The summed E-state index contributed by atoms with van der Waals surface area (Å²) in [4.78, 5) is 21.1. The number of nitrogens with zero attached hydrogens (tertiary/aromatic N) is 3. The number of halogens is 1. The molecule has 0 spiro atoms. The molecule has 0 aliphatic carbocycles. The summed E-state index contributed by atoms with van der Waals surface area (Å²) in [7, 11) is 5.74. The second-order valence-electron chi connectivity index (χ2n) is 8.03. The van der Waals surface area contributed by atoms with Gasteiger partial charge in [-0.3, -0.25) is 9.79 Å². The summed E-state index contributed by atoms with van der Waals surface area (Å²) >= 11 is 0. The molecule has 1 amide bonds. The van der Waals surface area contributed by atoms with Gasteiger partial charge in [-0.1, -0.05) is 24.3 Å². The highest BCUT2D eigenvalue weighted by molar-refractivity contribution is 14.0. The summed E-state index contributed by atoms with van der Waals surface area (Å²) in [5.41, 5.74) is 4.20. The number of guanidine groups is 1. The minimum Gasteiger partial charge on any atom is -0.370 e.